The van der Waals surface area contributed by atoms with E-state index in [-0.39, 0.29) is 30.8 Å². The van der Waals surface area contributed by atoms with Crippen LogP contribution in [0.5, 0.6) is 0 Å². The third-order valence-electron chi connectivity index (χ3n) is 6.73. The van der Waals surface area contributed by atoms with Crippen molar-refractivity contribution < 1.29 is 27.2 Å². The van der Waals surface area contributed by atoms with E-state index in [2.05, 4.69) is 30.9 Å². The minimum Gasteiger partial charge on any atom is -0.419 e. The predicted molar refractivity (Wildman–Crippen MR) is 136 cm³/mol. The number of amides is 2. The number of nitrogens with one attached hydrogen (secondary N) is 2. The van der Waals surface area contributed by atoms with E-state index < -0.39 is 23.3 Å². The van der Waals surface area contributed by atoms with E-state index in [4.69, 9.17) is 4.42 Å². The molecule has 1 aliphatic rings. The average molecular weight is 554 g/mol. The monoisotopic (exact) mass is 553 g/mol. The second kappa shape index (κ2) is 11.7. The summed E-state index contributed by atoms with van der Waals surface area (Å²) in [5, 5.41) is 17.0. The molecule has 0 saturated heterocycles. The minimum atomic E-state index is -4.80. The summed E-state index contributed by atoms with van der Waals surface area (Å²) in [6, 6.07) is 13.6. The number of alkyl halides is 3. The molecule has 1 aliphatic carbocycles. The van der Waals surface area contributed by atoms with Gasteiger partial charge in [-0.1, -0.05) is 24.3 Å². The van der Waals surface area contributed by atoms with Crippen molar-refractivity contribution in [3.8, 4) is 17.3 Å². The Bertz CT molecular complexity index is 1450. The summed E-state index contributed by atoms with van der Waals surface area (Å²) in [4.78, 5) is 29.4. The lowest BCUT2D eigenvalue weighted by atomic mass is 9.81. The zero-order valence-corrected chi connectivity index (χ0v) is 21.3. The first-order chi connectivity index (χ1) is 19.3. The van der Waals surface area contributed by atoms with Crippen LogP contribution in [-0.4, -0.2) is 49.9 Å². The van der Waals surface area contributed by atoms with Crippen LogP contribution >= 0.6 is 0 Å². The summed E-state index contributed by atoms with van der Waals surface area (Å²) in [5.74, 6) is -0.378. The molecule has 0 bridgehead atoms. The first-order valence-electron chi connectivity index (χ1n) is 12.8. The van der Waals surface area contributed by atoms with Gasteiger partial charge in [-0.15, -0.1) is 10.2 Å². The Kier molecular flexibility index (Phi) is 7.89. The van der Waals surface area contributed by atoms with Gasteiger partial charge in [-0.3, -0.25) is 14.6 Å². The number of hydrogen-bond acceptors (Lipinski definition) is 7. The molecule has 5 rings (SSSR count). The van der Waals surface area contributed by atoms with Crippen molar-refractivity contribution in [2.24, 2.45) is 5.92 Å². The average Bonchev–Trinajstić information content (AvgIpc) is 3.65. The number of hydrogen-bond donors (Lipinski definition) is 2. The van der Waals surface area contributed by atoms with Crippen LogP contribution in [0.1, 0.15) is 53.5 Å². The van der Waals surface area contributed by atoms with E-state index >= 15 is 0 Å². The second-order valence-corrected chi connectivity index (χ2v) is 9.43. The number of carbonyl (C=O) groups excluding carboxylic acids is 2. The van der Waals surface area contributed by atoms with Gasteiger partial charge in [0.05, 0.1) is 11.3 Å². The second-order valence-electron chi connectivity index (χ2n) is 9.43. The molecule has 0 radical (unpaired) electrons. The van der Waals surface area contributed by atoms with E-state index in [9.17, 15) is 22.8 Å². The summed E-state index contributed by atoms with van der Waals surface area (Å²) in [7, 11) is 0. The molecular formula is C27H26F3N7O3. The Morgan fingerprint density at radius 3 is 2.38 bits per heavy atom. The van der Waals surface area contributed by atoms with Crippen LogP contribution < -0.4 is 10.6 Å². The standard InChI is InChI=1S/C27H26F3N7O3/c28-27(29,30)22-20(16-37(36-22)19-6-2-1-3-7-19)24(39)33-15-14-32-23(38)17-9-11-18(12-10-17)25-34-35-26(40-25)21-8-4-5-13-31-21/h1-8,13,16-18H,9-12,14-15H2,(H,32,38)(H,33,39). The first kappa shape index (κ1) is 27.0. The van der Waals surface area contributed by atoms with Gasteiger partial charge < -0.3 is 15.1 Å². The number of benzene rings is 1. The molecule has 2 amide bonds. The molecule has 1 fully saturated rings. The molecule has 0 aliphatic heterocycles. The Morgan fingerprint density at radius 2 is 1.68 bits per heavy atom. The Balaban J connectivity index is 1.09. The molecule has 3 aromatic heterocycles. The topological polar surface area (TPSA) is 128 Å². The predicted octanol–water partition coefficient (Wildman–Crippen LogP) is 4.16. The van der Waals surface area contributed by atoms with Crippen molar-refractivity contribution in [1.29, 1.82) is 0 Å². The number of nitrogens with zero attached hydrogens (tertiary/aromatic N) is 5. The van der Waals surface area contributed by atoms with Crippen molar-refractivity contribution in [3.63, 3.8) is 0 Å². The van der Waals surface area contributed by atoms with Crippen LogP contribution in [0.4, 0.5) is 13.2 Å². The van der Waals surface area contributed by atoms with Crippen molar-refractivity contribution in [2.45, 2.75) is 37.8 Å². The minimum absolute atomic E-state index is 0.0357. The third-order valence-corrected chi connectivity index (χ3v) is 6.73. The van der Waals surface area contributed by atoms with Gasteiger partial charge in [0, 0.05) is 37.3 Å². The molecule has 10 nitrogen and oxygen atoms in total. The third kappa shape index (κ3) is 6.19. The molecule has 4 aromatic rings. The van der Waals surface area contributed by atoms with Crippen LogP contribution in [0.3, 0.4) is 0 Å². The van der Waals surface area contributed by atoms with Gasteiger partial charge in [-0.2, -0.15) is 18.3 Å². The van der Waals surface area contributed by atoms with Crippen molar-refractivity contribution in [2.75, 3.05) is 13.1 Å². The van der Waals surface area contributed by atoms with Gasteiger partial charge in [0.1, 0.15) is 5.69 Å². The van der Waals surface area contributed by atoms with Crippen LogP contribution in [0.2, 0.25) is 0 Å². The smallest absolute Gasteiger partial charge is 0.419 e. The molecule has 0 unspecified atom stereocenters. The molecule has 0 atom stereocenters. The lowest BCUT2D eigenvalue weighted by molar-refractivity contribution is -0.141. The van der Waals surface area contributed by atoms with Gasteiger partial charge in [0.2, 0.25) is 11.8 Å². The van der Waals surface area contributed by atoms with Gasteiger partial charge in [-0.05, 0) is 49.9 Å². The van der Waals surface area contributed by atoms with Crippen LogP contribution in [0.15, 0.2) is 65.3 Å². The van der Waals surface area contributed by atoms with E-state index in [1.165, 1.54) is 0 Å². The Labute approximate surface area is 227 Å². The van der Waals surface area contributed by atoms with Gasteiger partial charge in [0.25, 0.3) is 11.8 Å². The summed E-state index contributed by atoms with van der Waals surface area (Å²) in [6.07, 6.45) is 0.534. The SMILES string of the molecule is O=C(NCCNC(=O)C1CCC(c2nnc(-c3ccccn3)o2)CC1)c1cn(-c2ccccc2)nc1C(F)(F)F. The number of rotatable bonds is 8. The van der Waals surface area contributed by atoms with Gasteiger partial charge in [0.15, 0.2) is 5.69 Å². The fraction of sp³-hybridized carbons (Fsp3) is 0.333. The molecule has 3 heterocycles. The highest BCUT2D eigenvalue weighted by atomic mass is 19.4. The summed E-state index contributed by atoms with van der Waals surface area (Å²) in [6.45, 7) is 0.0434. The maximum atomic E-state index is 13.5. The number of aromatic nitrogens is 5. The highest BCUT2D eigenvalue weighted by Gasteiger charge is 2.39. The van der Waals surface area contributed by atoms with Crippen molar-refractivity contribution >= 4 is 11.8 Å². The largest absolute Gasteiger partial charge is 0.435 e. The number of halogens is 3. The van der Waals surface area contributed by atoms with Gasteiger partial charge >= 0.3 is 6.18 Å². The molecule has 2 N–H and O–H groups in total. The summed E-state index contributed by atoms with van der Waals surface area (Å²) >= 11 is 0. The zero-order chi connectivity index (χ0) is 28.1. The molecule has 0 spiro atoms. The fourth-order valence-corrected chi connectivity index (χ4v) is 4.66. The van der Waals surface area contributed by atoms with Gasteiger partial charge in [-0.25, -0.2) is 4.68 Å². The number of carbonyl (C=O) groups is 2. The number of para-hydroxylation sites is 1. The van der Waals surface area contributed by atoms with E-state index in [1.54, 1.807) is 48.7 Å². The number of pyridine rings is 1. The highest BCUT2D eigenvalue weighted by Crippen LogP contribution is 2.36. The molecule has 13 heteroatoms. The lowest BCUT2D eigenvalue weighted by Gasteiger charge is -2.25. The molecular weight excluding hydrogens is 527 g/mol. The maximum Gasteiger partial charge on any atom is 0.435 e. The maximum absolute atomic E-state index is 13.5. The van der Waals surface area contributed by atoms with Crippen LogP contribution in [0.25, 0.3) is 17.3 Å². The van der Waals surface area contributed by atoms with Crippen LogP contribution in [-0.2, 0) is 11.0 Å². The zero-order valence-electron chi connectivity index (χ0n) is 21.3. The van der Waals surface area contributed by atoms with Crippen LogP contribution in [0, 0.1) is 5.92 Å². The highest BCUT2D eigenvalue weighted by molar-refractivity contribution is 5.95. The molecule has 1 aromatic carbocycles. The van der Waals surface area contributed by atoms with E-state index in [0.29, 0.717) is 48.8 Å². The molecule has 1 saturated carbocycles. The molecule has 40 heavy (non-hydrogen) atoms. The quantitative estimate of drug-likeness (QED) is 0.314. The first-order valence-corrected chi connectivity index (χ1v) is 12.8. The van der Waals surface area contributed by atoms with Crippen molar-refractivity contribution in [1.82, 2.24) is 35.6 Å². The summed E-state index contributed by atoms with van der Waals surface area (Å²) in [5.41, 5.74) is -0.876. The summed E-state index contributed by atoms with van der Waals surface area (Å²) < 4.78 is 47.4. The van der Waals surface area contributed by atoms with Crippen molar-refractivity contribution in [3.05, 3.63) is 78.1 Å². The lowest BCUT2D eigenvalue weighted by Crippen LogP contribution is -2.38. The normalized spacial score (nSPS) is 17.4. The molecule has 208 valence electrons. The van der Waals surface area contributed by atoms with E-state index in [0.717, 1.165) is 10.9 Å². The Morgan fingerprint density at radius 1 is 0.950 bits per heavy atom. The fourth-order valence-electron chi connectivity index (χ4n) is 4.66. The Hall–Kier alpha value is -4.55. The van der Waals surface area contributed by atoms with E-state index in [1.807, 2.05) is 6.07 Å².